The average molecular weight is 157 g/mol. The summed E-state index contributed by atoms with van der Waals surface area (Å²) in [7, 11) is 4.12. The zero-order valence-electron chi connectivity index (χ0n) is 7.72. The van der Waals surface area contributed by atoms with Crippen LogP contribution in [-0.4, -0.2) is 38.1 Å². The number of hydrazine groups is 1. The first-order valence-electron chi connectivity index (χ1n) is 4.35. The molecule has 1 heterocycles. The van der Waals surface area contributed by atoms with Gasteiger partial charge < -0.3 is 4.90 Å². The van der Waals surface area contributed by atoms with Gasteiger partial charge in [-0.05, 0) is 33.0 Å². The zero-order valence-corrected chi connectivity index (χ0v) is 7.72. The van der Waals surface area contributed by atoms with Crippen molar-refractivity contribution >= 4 is 0 Å². The number of rotatable bonds is 2. The molecule has 0 amide bonds. The van der Waals surface area contributed by atoms with Gasteiger partial charge >= 0.3 is 0 Å². The van der Waals surface area contributed by atoms with Crippen molar-refractivity contribution in [2.24, 2.45) is 5.92 Å². The van der Waals surface area contributed by atoms with Crippen molar-refractivity contribution in [1.82, 2.24) is 15.8 Å². The third-order valence-corrected chi connectivity index (χ3v) is 2.44. The second kappa shape index (κ2) is 4.04. The first kappa shape index (κ1) is 8.97. The van der Waals surface area contributed by atoms with Crippen molar-refractivity contribution in [3.8, 4) is 0 Å². The molecule has 2 N–H and O–H groups in total. The second-order valence-electron chi connectivity index (χ2n) is 3.53. The predicted molar refractivity (Wildman–Crippen MR) is 47.3 cm³/mol. The summed E-state index contributed by atoms with van der Waals surface area (Å²) < 4.78 is 0. The molecule has 0 bridgehead atoms. The minimum absolute atomic E-state index is 0.649. The van der Waals surface area contributed by atoms with Crippen molar-refractivity contribution in [1.29, 1.82) is 0 Å². The molecule has 0 aromatic rings. The highest BCUT2D eigenvalue weighted by Crippen LogP contribution is 2.14. The first-order valence-corrected chi connectivity index (χ1v) is 4.35. The third-order valence-electron chi connectivity index (χ3n) is 2.44. The van der Waals surface area contributed by atoms with E-state index in [0.29, 0.717) is 6.04 Å². The minimum atomic E-state index is 0.649. The molecule has 2 atom stereocenters. The molecule has 11 heavy (non-hydrogen) atoms. The SMILES string of the molecule is CNN[C@@H]1CCN(C)C[C@@H]1C. The van der Waals surface area contributed by atoms with Gasteiger partial charge in [0.05, 0.1) is 0 Å². The second-order valence-corrected chi connectivity index (χ2v) is 3.53. The lowest BCUT2D eigenvalue weighted by molar-refractivity contribution is 0.167. The van der Waals surface area contributed by atoms with Gasteiger partial charge in [-0.1, -0.05) is 6.92 Å². The van der Waals surface area contributed by atoms with E-state index in [1.165, 1.54) is 19.5 Å². The molecule has 1 rings (SSSR count). The number of hydrogen-bond acceptors (Lipinski definition) is 3. The summed E-state index contributed by atoms with van der Waals surface area (Å²) in [6.07, 6.45) is 1.25. The summed E-state index contributed by atoms with van der Waals surface area (Å²) in [5.74, 6) is 0.751. The molecule has 0 aliphatic carbocycles. The summed E-state index contributed by atoms with van der Waals surface area (Å²) in [6, 6.07) is 0.649. The Morgan fingerprint density at radius 3 is 2.73 bits per heavy atom. The fourth-order valence-electron chi connectivity index (χ4n) is 1.75. The molecule has 0 spiro atoms. The summed E-state index contributed by atoms with van der Waals surface area (Å²) in [5.41, 5.74) is 6.29. The molecule has 0 radical (unpaired) electrons. The van der Waals surface area contributed by atoms with Crippen LogP contribution in [0.3, 0.4) is 0 Å². The number of nitrogens with one attached hydrogen (secondary N) is 2. The van der Waals surface area contributed by atoms with Crippen LogP contribution in [0.5, 0.6) is 0 Å². The molecule has 0 unspecified atom stereocenters. The van der Waals surface area contributed by atoms with Crippen LogP contribution in [0.2, 0.25) is 0 Å². The Kier molecular flexibility index (Phi) is 3.30. The fraction of sp³-hybridized carbons (Fsp3) is 1.00. The minimum Gasteiger partial charge on any atom is -0.306 e. The van der Waals surface area contributed by atoms with Crippen molar-refractivity contribution in [2.45, 2.75) is 19.4 Å². The highest BCUT2D eigenvalue weighted by atomic mass is 15.4. The van der Waals surface area contributed by atoms with E-state index in [2.05, 4.69) is 29.7 Å². The Hall–Kier alpha value is -0.120. The Bertz CT molecular complexity index is 116. The van der Waals surface area contributed by atoms with Gasteiger partial charge in [-0.25, -0.2) is 0 Å². The summed E-state index contributed by atoms with van der Waals surface area (Å²) in [5, 5.41) is 0. The zero-order chi connectivity index (χ0) is 8.27. The lowest BCUT2D eigenvalue weighted by Gasteiger charge is -2.34. The van der Waals surface area contributed by atoms with Crippen LogP contribution in [0.4, 0.5) is 0 Å². The van der Waals surface area contributed by atoms with E-state index in [9.17, 15) is 0 Å². The maximum atomic E-state index is 3.28. The number of hydrogen-bond donors (Lipinski definition) is 2. The van der Waals surface area contributed by atoms with Gasteiger partial charge in [0.25, 0.3) is 0 Å². The summed E-state index contributed by atoms with van der Waals surface area (Å²) in [6.45, 7) is 4.72. The van der Waals surface area contributed by atoms with Gasteiger partial charge in [-0.3, -0.25) is 10.9 Å². The van der Waals surface area contributed by atoms with Gasteiger partial charge in [-0.2, -0.15) is 0 Å². The topological polar surface area (TPSA) is 27.3 Å². The lowest BCUT2D eigenvalue weighted by Crippen LogP contribution is -2.50. The monoisotopic (exact) mass is 157 g/mol. The van der Waals surface area contributed by atoms with Crippen molar-refractivity contribution in [3.63, 3.8) is 0 Å². The lowest BCUT2D eigenvalue weighted by atomic mass is 9.95. The molecule has 66 valence electrons. The average Bonchev–Trinajstić information content (AvgIpc) is 1.95. The van der Waals surface area contributed by atoms with E-state index in [4.69, 9.17) is 0 Å². The van der Waals surface area contributed by atoms with E-state index >= 15 is 0 Å². The number of nitrogens with zero attached hydrogens (tertiary/aromatic N) is 1. The number of likely N-dealkylation sites (tertiary alicyclic amines) is 1. The molecule has 1 fully saturated rings. The number of piperidine rings is 1. The van der Waals surface area contributed by atoms with Crippen LogP contribution in [-0.2, 0) is 0 Å². The van der Waals surface area contributed by atoms with Crippen LogP contribution in [0, 0.1) is 5.92 Å². The van der Waals surface area contributed by atoms with E-state index in [-0.39, 0.29) is 0 Å². The Morgan fingerprint density at radius 1 is 1.45 bits per heavy atom. The highest BCUT2D eigenvalue weighted by molar-refractivity contribution is 4.79. The third kappa shape index (κ3) is 2.43. The van der Waals surface area contributed by atoms with E-state index in [0.717, 1.165) is 5.92 Å². The van der Waals surface area contributed by atoms with Crippen LogP contribution in [0.25, 0.3) is 0 Å². The maximum Gasteiger partial charge on any atom is 0.0262 e. The molecule has 0 aromatic heterocycles. The fourth-order valence-corrected chi connectivity index (χ4v) is 1.75. The molecule has 0 saturated carbocycles. The smallest absolute Gasteiger partial charge is 0.0262 e. The maximum absolute atomic E-state index is 3.28. The first-order chi connectivity index (χ1) is 5.24. The van der Waals surface area contributed by atoms with Crippen LogP contribution < -0.4 is 10.9 Å². The standard InChI is InChI=1S/C8H19N3/c1-7-6-11(3)5-4-8(7)10-9-2/h7-10H,4-6H2,1-3H3/t7-,8+/m0/s1. The Balaban J connectivity index is 2.31. The van der Waals surface area contributed by atoms with Crippen LogP contribution in [0.15, 0.2) is 0 Å². The quantitative estimate of drug-likeness (QED) is 0.555. The molecule has 0 aromatic carbocycles. The van der Waals surface area contributed by atoms with Gasteiger partial charge in [0.2, 0.25) is 0 Å². The molecule has 1 saturated heterocycles. The van der Waals surface area contributed by atoms with E-state index in [1.54, 1.807) is 0 Å². The Labute approximate surface area is 69.1 Å². The van der Waals surface area contributed by atoms with Crippen molar-refractivity contribution in [2.75, 3.05) is 27.2 Å². The molecule has 1 aliphatic rings. The summed E-state index contributed by atoms with van der Waals surface area (Å²) >= 11 is 0. The normalized spacial score (nSPS) is 34.1. The Morgan fingerprint density at radius 2 is 2.18 bits per heavy atom. The highest BCUT2D eigenvalue weighted by Gasteiger charge is 2.22. The van der Waals surface area contributed by atoms with Crippen LogP contribution >= 0.6 is 0 Å². The van der Waals surface area contributed by atoms with Crippen LogP contribution in [0.1, 0.15) is 13.3 Å². The van der Waals surface area contributed by atoms with Gasteiger partial charge in [0.1, 0.15) is 0 Å². The van der Waals surface area contributed by atoms with Gasteiger partial charge in [-0.15, -0.1) is 0 Å². The van der Waals surface area contributed by atoms with E-state index in [1.807, 2.05) is 7.05 Å². The van der Waals surface area contributed by atoms with Gasteiger partial charge in [0.15, 0.2) is 0 Å². The van der Waals surface area contributed by atoms with E-state index < -0.39 is 0 Å². The van der Waals surface area contributed by atoms with Crippen molar-refractivity contribution < 1.29 is 0 Å². The molecule has 3 heteroatoms. The largest absolute Gasteiger partial charge is 0.306 e. The molecular formula is C8H19N3. The predicted octanol–water partition coefficient (Wildman–Crippen LogP) is 0.0506. The van der Waals surface area contributed by atoms with Crippen molar-refractivity contribution in [3.05, 3.63) is 0 Å². The van der Waals surface area contributed by atoms with Gasteiger partial charge in [0, 0.05) is 12.6 Å². The molecular weight excluding hydrogens is 138 g/mol. The molecule has 1 aliphatic heterocycles. The summed E-state index contributed by atoms with van der Waals surface area (Å²) in [4.78, 5) is 2.39. The molecule has 3 nitrogen and oxygen atoms in total.